The van der Waals surface area contributed by atoms with Crippen LogP contribution in [0.3, 0.4) is 0 Å². The van der Waals surface area contributed by atoms with Crippen molar-refractivity contribution in [2.45, 2.75) is 19.3 Å². The summed E-state index contributed by atoms with van der Waals surface area (Å²) in [6.45, 7) is 4.61. The maximum absolute atomic E-state index is 6.66. The van der Waals surface area contributed by atoms with Gasteiger partial charge in [-0.15, -0.1) is 11.3 Å². The lowest BCUT2D eigenvalue weighted by molar-refractivity contribution is 0.660. The molecular weight excluding hydrogens is 743 g/mol. The molecule has 0 saturated carbocycles. The predicted molar refractivity (Wildman–Crippen MR) is 240 cm³/mol. The van der Waals surface area contributed by atoms with Crippen molar-refractivity contribution in [2.24, 2.45) is 0 Å². The Bertz CT molecular complexity index is 3420. The van der Waals surface area contributed by atoms with Gasteiger partial charge in [-0.05, 0) is 46.5 Å². The van der Waals surface area contributed by atoms with Crippen molar-refractivity contribution in [1.82, 2.24) is 24.9 Å². The van der Waals surface area contributed by atoms with Crippen molar-refractivity contribution in [3.8, 4) is 67.9 Å². The summed E-state index contributed by atoms with van der Waals surface area (Å²) >= 11 is 1.75. The molecule has 0 spiro atoms. The number of para-hydroxylation sites is 1. The topological polar surface area (TPSA) is 77.6 Å². The van der Waals surface area contributed by atoms with Crippen LogP contribution in [0.2, 0.25) is 0 Å². The average Bonchev–Trinajstić information content (AvgIpc) is 3.94. The number of furan rings is 1. The van der Waals surface area contributed by atoms with Crippen LogP contribution < -0.4 is 0 Å². The van der Waals surface area contributed by atoms with Gasteiger partial charge in [0.1, 0.15) is 16.8 Å². The summed E-state index contributed by atoms with van der Waals surface area (Å²) in [6, 6.07) is 56.6. The molecule has 0 bridgehead atoms. The Morgan fingerprint density at radius 1 is 0.458 bits per heavy atom. The molecule has 7 aromatic carbocycles. The SMILES string of the molecule is CC1(C)c2ccccc2-c2ccc(-c3nc(-c4cccc5c4sc4cccc(-c6nc(-c7ccccc7)nc(-c7ccccc7)n6)c45)c4oc5ccccc5c4n3)cc21. The standard InChI is InChI=1S/C52H33N5OS/c1-52(2)39-24-11-9-19-33(39)34-28-27-32(29-40(34)52)50-53-44-35-20-10-12-25-41(35)58-46(44)45(54-50)38-23-13-21-36-43-37(22-14-26-42(43)59-47(36)38)51-56-48(30-15-5-3-6-16-30)55-49(57-51)31-17-7-4-8-18-31/h3-29H,1-2H3. The number of fused-ring (bicyclic) bond motifs is 9. The van der Waals surface area contributed by atoms with Crippen LogP contribution in [0.5, 0.6) is 0 Å². The smallest absolute Gasteiger partial charge is 0.180 e. The molecule has 1 aliphatic rings. The van der Waals surface area contributed by atoms with Crippen LogP contribution in [0.4, 0.5) is 0 Å². The number of hydrogen-bond acceptors (Lipinski definition) is 7. The van der Waals surface area contributed by atoms with Crippen LogP contribution in [0.1, 0.15) is 25.0 Å². The minimum absolute atomic E-state index is 0.153. The van der Waals surface area contributed by atoms with Gasteiger partial charge in [0.25, 0.3) is 0 Å². The first-order chi connectivity index (χ1) is 29.0. The third-order valence-electron chi connectivity index (χ3n) is 11.8. The van der Waals surface area contributed by atoms with Gasteiger partial charge in [-0.3, -0.25) is 0 Å². The zero-order chi connectivity index (χ0) is 39.2. The van der Waals surface area contributed by atoms with Crippen LogP contribution >= 0.6 is 11.3 Å². The van der Waals surface area contributed by atoms with Crippen LogP contribution in [-0.2, 0) is 5.41 Å². The molecule has 7 heteroatoms. The molecular formula is C52H33N5OS. The zero-order valence-electron chi connectivity index (χ0n) is 32.1. The second-order valence-electron chi connectivity index (χ2n) is 15.6. The van der Waals surface area contributed by atoms with Gasteiger partial charge in [0, 0.05) is 58.8 Å². The number of hydrogen-bond donors (Lipinski definition) is 0. The van der Waals surface area contributed by atoms with E-state index < -0.39 is 0 Å². The lowest BCUT2D eigenvalue weighted by Gasteiger charge is -2.21. The van der Waals surface area contributed by atoms with E-state index in [1.165, 1.54) is 22.3 Å². The minimum atomic E-state index is -0.153. The van der Waals surface area contributed by atoms with Gasteiger partial charge in [0.2, 0.25) is 0 Å². The summed E-state index contributed by atoms with van der Waals surface area (Å²) in [6.07, 6.45) is 0. The summed E-state index contributed by atoms with van der Waals surface area (Å²) in [7, 11) is 0. The number of rotatable bonds is 5. The first kappa shape index (κ1) is 33.8. The number of thiophene rings is 1. The Hall–Kier alpha value is -7.35. The van der Waals surface area contributed by atoms with Crippen LogP contribution in [0.15, 0.2) is 168 Å². The second kappa shape index (κ2) is 12.8. The van der Waals surface area contributed by atoms with Crippen molar-refractivity contribution in [2.75, 3.05) is 0 Å². The average molecular weight is 776 g/mol. The zero-order valence-corrected chi connectivity index (χ0v) is 33.0. The highest BCUT2D eigenvalue weighted by molar-refractivity contribution is 7.26. The van der Waals surface area contributed by atoms with Crippen molar-refractivity contribution in [3.05, 3.63) is 175 Å². The summed E-state index contributed by atoms with van der Waals surface area (Å²) in [4.78, 5) is 25.9. The Kier molecular flexibility index (Phi) is 7.34. The minimum Gasteiger partial charge on any atom is -0.452 e. The third kappa shape index (κ3) is 5.21. The van der Waals surface area contributed by atoms with E-state index in [2.05, 4.69) is 98.8 Å². The molecule has 0 saturated heterocycles. The van der Waals surface area contributed by atoms with Gasteiger partial charge in [-0.1, -0.05) is 153 Å². The van der Waals surface area contributed by atoms with E-state index in [1.54, 1.807) is 11.3 Å². The van der Waals surface area contributed by atoms with Crippen LogP contribution in [0, 0.1) is 0 Å². The van der Waals surface area contributed by atoms with Crippen molar-refractivity contribution in [3.63, 3.8) is 0 Å². The van der Waals surface area contributed by atoms with E-state index in [0.717, 1.165) is 70.2 Å². The maximum Gasteiger partial charge on any atom is 0.180 e. The number of benzene rings is 7. The molecule has 12 rings (SSSR count). The van der Waals surface area contributed by atoms with E-state index in [-0.39, 0.29) is 5.41 Å². The molecule has 0 radical (unpaired) electrons. The number of nitrogens with zero attached hydrogens (tertiary/aromatic N) is 5. The van der Waals surface area contributed by atoms with Crippen LogP contribution in [-0.4, -0.2) is 24.9 Å². The van der Waals surface area contributed by atoms with Gasteiger partial charge in [-0.2, -0.15) is 0 Å². The molecule has 0 atom stereocenters. The van der Waals surface area contributed by atoms with Gasteiger partial charge in [0.05, 0.1) is 0 Å². The Balaban J connectivity index is 1.08. The molecule has 59 heavy (non-hydrogen) atoms. The fourth-order valence-electron chi connectivity index (χ4n) is 8.90. The molecule has 0 N–H and O–H groups in total. The fraction of sp³-hybridized carbons (Fsp3) is 0.0577. The Morgan fingerprint density at radius 3 is 1.86 bits per heavy atom. The number of aromatic nitrogens is 5. The van der Waals surface area contributed by atoms with E-state index in [9.17, 15) is 0 Å². The molecule has 278 valence electrons. The summed E-state index contributed by atoms with van der Waals surface area (Å²) in [5, 5.41) is 3.15. The third-order valence-corrected chi connectivity index (χ3v) is 13.0. The molecule has 1 aliphatic carbocycles. The predicted octanol–water partition coefficient (Wildman–Crippen LogP) is 13.6. The second-order valence-corrected chi connectivity index (χ2v) is 16.7. The molecule has 0 aliphatic heterocycles. The molecule has 0 amide bonds. The monoisotopic (exact) mass is 775 g/mol. The molecule has 11 aromatic rings. The van der Waals surface area contributed by atoms with E-state index in [4.69, 9.17) is 29.3 Å². The van der Waals surface area contributed by atoms with Crippen molar-refractivity contribution < 1.29 is 4.42 Å². The lowest BCUT2D eigenvalue weighted by Crippen LogP contribution is -2.15. The van der Waals surface area contributed by atoms with E-state index in [1.807, 2.05) is 78.9 Å². The van der Waals surface area contributed by atoms with Crippen molar-refractivity contribution >= 4 is 53.6 Å². The summed E-state index contributed by atoms with van der Waals surface area (Å²) in [5.41, 5.74) is 12.8. The molecule has 4 aromatic heterocycles. The summed E-state index contributed by atoms with van der Waals surface area (Å²) in [5.74, 6) is 2.55. The Morgan fingerprint density at radius 2 is 1.07 bits per heavy atom. The maximum atomic E-state index is 6.66. The first-order valence-electron chi connectivity index (χ1n) is 19.8. The molecule has 4 heterocycles. The van der Waals surface area contributed by atoms with Crippen molar-refractivity contribution in [1.29, 1.82) is 0 Å². The fourth-order valence-corrected chi connectivity index (χ4v) is 10.1. The molecule has 0 fully saturated rings. The quantitative estimate of drug-likeness (QED) is 0.173. The highest BCUT2D eigenvalue weighted by Gasteiger charge is 2.35. The normalized spacial score (nSPS) is 13.1. The van der Waals surface area contributed by atoms with Gasteiger partial charge >= 0.3 is 0 Å². The summed E-state index contributed by atoms with van der Waals surface area (Å²) < 4.78 is 8.89. The molecule has 6 nitrogen and oxygen atoms in total. The van der Waals surface area contributed by atoms with Crippen LogP contribution in [0.25, 0.3) is 110 Å². The van der Waals surface area contributed by atoms with Gasteiger partial charge < -0.3 is 4.42 Å². The largest absolute Gasteiger partial charge is 0.452 e. The molecule has 0 unspecified atom stereocenters. The lowest BCUT2D eigenvalue weighted by atomic mass is 9.82. The van der Waals surface area contributed by atoms with Gasteiger partial charge in [-0.25, -0.2) is 24.9 Å². The van der Waals surface area contributed by atoms with E-state index >= 15 is 0 Å². The first-order valence-corrected chi connectivity index (χ1v) is 20.6. The Labute approximate surface area is 343 Å². The highest BCUT2D eigenvalue weighted by Crippen LogP contribution is 2.50. The van der Waals surface area contributed by atoms with Gasteiger partial charge in [0.15, 0.2) is 28.9 Å². The highest BCUT2D eigenvalue weighted by atomic mass is 32.1. The van der Waals surface area contributed by atoms with E-state index in [0.29, 0.717) is 28.9 Å².